The van der Waals surface area contributed by atoms with E-state index in [4.69, 9.17) is 5.73 Å². The summed E-state index contributed by atoms with van der Waals surface area (Å²) in [6.07, 6.45) is -1.75. The molecule has 1 aromatic carbocycles. The Morgan fingerprint density at radius 3 is 2.71 bits per heavy atom. The van der Waals surface area contributed by atoms with Gasteiger partial charge in [0.15, 0.2) is 0 Å². The van der Waals surface area contributed by atoms with Crippen molar-refractivity contribution in [3.63, 3.8) is 0 Å². The van der Waals surface area contributed by atoms with Gasteiger partial charge in [0, 0.05) is 17.9 Å². The molecule has 0 bridgehead atoms. The SMILES string of the molecule is Cc1cc(N2CC(O)C(O)C2CO)ccc1N. The van der Waals surface area contributed by atoms with E-state index in [2.05, 4.69) is 0 Å². The highest BCUT2D eigenvalue weighted by molar-refractivity contribution is 5.59. The number of hydrogen-bond acceptors (Lipinski definition) is 5. The number of aliphatic hydroxyl groups excluding tert-OH is 3. The quantitative estimate of drug-likeness (QED) is 0.521. The number of nitrogens with two attached hydrogens (primary N) is 1. The molecule has 0 saturated carbocycles. The molecule has 94 valence electrons. The molecule has 2 rings (SSSR count). The molecule has 1 fully saturated rings. The zero-order valence-corrected chi connectivity index (χ0v) is 9.74. The van der Waals surface area contributed by atoms with Crippen LogP contribution in [0, 0.1) is 6.92 Å². The van der Waals surface area contributed by atoms with Crippen LogP contribution in [0.2, 0.25) is 0 Å². The maximum atomic E-state index is 9.74. The van der Waals surface area contributed by atoms with Gasteiger partial charge in [0.25, 0.3) is 0 Å². The predicted octanol–water partition coefficient (Wildman–Crippen LogP) is -0.520. The second-order valence-electron chi connectivity index (χ2n) is 4.50. The van der Waals surface area contributed by atoms with Crippen molar-refractivity contribution in [1.29, 1.82) is 0 Å². The van der Waals surface area contributed by atoms with Gasteiger partial charge in [-0.25, -0.2) is 0 Å². The van der Waals surface area contributed by atoms with Crippen LogP contribution in [0.3, 0.4) is 0 Å². The zero-order valence-electron chi connectivity index (χ0n) is 9.74. The van der Waals surface area contributed by atoms with Crippen LogP contribution in [0.1, 0.15) is 5.56 Å². The van der Waals surface area contributed by atoms with Crippen LogP contribution in [-0.2, 0) is 0 Å². The van der Waals surface area contributed by atoms with Gasteiger partial charge >= 0.3 is 0 Å². The number of β-amino-alcohol motifs (C(OH)–C–C–N with tert-alkyl or cyclic N) is 1. The van der Waals surface area contributed by atoms with Crippen LogP contribution in [0.15, 0.2) is 18.2 Å². The fourth-order valence-corrected chi connectivity index (χ4v) is 2.23. The van der Waals surface area contributed by atoms with Crippen molar-refractivity contribution < 1.29 is 15.3 Å². The Morgan fingerprint density at radius 1 is 1.41 bits per heavy atom. The first-order valence-electron chi connectivity index (χ1n) is 5.64. The number of hydrogen-bond donors (Lipinski definition) is 4. The second kappa shape index (κ2) is 4.52. The summed E-state index contributed by atoms with van der Waals surface area (Å²) >= 11 is 0. The van der Waals surface area contributed by atoms with E-state index in [9.17, 15) is 15.3 Å². The Balaban J connectivity index is 2.30. The maximum Gasteiger partial charge on any atom is 0.104 e. The minimum Gasteiger partial charge on any atom is -0.399 e. The van der Waals surface area contributed by atoms with Crippen molar-refractivity contribution >= 4 is 11.4 Å². The number of anilines is 2. The van der Waals surface area contributed by atoms with E-state index >= 15 is 0 Å². The fraction of sp³-hybridized carbons (Fsp3) is 0.500. The first-order valence-corrected chi connectivity index (χ1v) is 5.64. The zero-order chi connectivity index (χ0) is 12.6. The van der Waals surface area contributed by atoms with Gasteiger partial charge in [0.05, 0.1) is 18.8 Å². The molecule has 0 aromatic heterocycles. The van der Waals surface area contributed by atoms with Crippen LogP contribution >= 0.6 is 0 Å². The number of nitrogens with zero attached hydrogens (tertiary/aromatic N) is 1. The normalized spacial score (nSPS) is 28.7. The minimum absolute atomic E-state index is 0.193. The molecular weight excluding hydrogens is 220 g/mol. The van der Waals surface area contributed by atoms with Crippen molar-refractivity contribution in [2.45, 2.75) is 25.2 Å². The lowest BCUT2D eigenvalue weighted by atomic mass is 10.1. The molecule has 1 aromatic rings. The summed E-state index contributed by atoms with van der Waals surface area (Å²) in [7, 11) is 0. The molecule has 0 radical (unpaired) electrons. The molecule has 0 amide bonds. The van der Waals surface area contributed by atoms with E-state index in [-0.39, 0.29) is 6.61 Å². The first kappa shape index (κ1) is 12.2. The molecular formula is C12H18N2O3. The topological polar surface area (TPSA) is 90.0 Å². The van der Waals surface area contributed by atoms with Gasteiger partial charge in [-0.1, -0.05) is 0 Å². The summed E-state index contributed by atoms with van der Waals surface area (Å²) in [5, 5.41) is 28.6. The number of aryl methyl sites for hydroxylation is 1. The molecule has 5 nitrogen and oxygen atoms in total. The number of nitrogen functional groups attached to an aromatic ring is 1. The average molecular weight is 238 g/mol. The van der Waals surface area contributed by atoms with Crippen molar-refractivity contribution in [2.75, 3.05) is 23.8 Å². The Bertz CT molecular complexity index is 411. The lowest BCUT2D eigenvalue weighted by Crippen LogP contribution is -2.39. The average Bonchev–Trinajstić information content (AvgIpc) is 2.59. The van der Waals surface area contributed by atoms with E-state index < -0.39 is 18.2 Å². The molecule has 1 aliphatic rings. The van der Waals surface area contributed by atoms with Crippen molar-refractivity contribution in [1.82, 2.24) is 0 Å². The number of rotatable bonds is 2. The van der Waals surface area contributed by atoms with Gasteiger partial charge < -0.3 is 26.0 Å². The van der Waals surface area contributed by atoms with Gasteiger partial charge in [-0.3, -0.25) is 0 Å². The van der Waals surface area contributed by atoms with Crippen LogP contribution < -0.4 is 10.6 Å². The summed E-state index contributed by atoms with van der Waals surface area (Å²) in [4.78, 5) is 1.81. The predicted molar refractivity (Wildman–Crippen MR) is 65.8 cm³/mol. The molecule has 5 heteroatoms. The lowest BCUT2D eigenvalue weighted by Gasteiger charge is -2.26. The standard InChI is InChI=1S/C12H18N2O3/c1-7-4-8(2-3-9(7)13)14-5-11(16)12(17)10(14)6-15/h2-4,10-12,15-17H,5-6,13H2,1H3. The molecule has 1 saturated heterocycles. The highest BCUT2D eigenvalue weighted by Gasteiger charge is 2.39. The first-order chi connectivity index (χ1) is 8.04. The molecule has 5 N–H and O–H groups in total. The third kappa shape index (κ3) is 2.09. The Morgan fingerprint density at radius 2 is 2.12 bits per heavy atom. The van der Waals surface area contributed by atoms with Gasteiger partial charge in [-0.15, -0.1) is 0 Å². The van der Waals surface area contributed by atoms with Gasteiger partial charge in [0.1, 0.15) is 6.10 Å². The lowest BCUT2D eigenvalue weighted by molar-refractivity contribution is 0.0304. The maximum absolute atomic E-state index is 9.74. The molecule has 3 atom stereocenters. The highest BCUT2D eigenvalue weighted by Crippen LogP contribution is 2.28. The Kier molecular flexibility index (Phi) is 3.24. The van der Waals surface area contributed by atoms with Crippen LogP contribution in [0.5, 0.6) is 0 Å². The largest absolute Gasteiger partial charge is 0.399 e. The summed E-state index contributed by atoms with van der Waals surface area (Å²) in [5.41, 5.74) is 8.24. The Labute approximate surface area is 100 Å². The van der Waals surface area contributed by atoms with Crippen LogP contribution in [0.4, 0.5) is 11.4 Å². The van der Waals surface area contributed by atoms with Crippen molar-refractivity contribution in [2.24, 2.45) is 0 Å². The smallest absolute Gasteiger partial charge is 0.104 e. The summed E-state index contributed by atoms with van der Waals surface area (Å²) in [6, 6.07) is 5.04. The second-order valence-corrected chi connectivity index (χ2v) is 4.50. The van der Waals surface area contributed by atoms with E-state index in [1.807, 2.05) is 24.0 Å². The molecule has 1 heterocycles. The summed E-state index contributed by atoms with van der Waals surface area (Å²) < 4.78 is 0. The van der Waals surface area contributed by atoms with Crippen molar-refractivity contribution in [3.05, 3.63) is 23.8 Å². The van der Waals surface area contributed by atoms with Crippen LogP contribution in [0.25, 0.3) is 0 Å². The number of aliphatic hydroxyl groups is 3. The molecule has 0 aliphatic carbocycles. The van der Waals surface area contributed by atoms with E-state index in [1.165, 1.54) is 0 Å². The molecule has 0 spiro atoms. The molecule has 1 aliphatic heterocycles. The highest BCUT2D eigenvalue weighted by atomic mass is 16.3. The van der Waals surface area contributed by atoms with Gasteiger partial charge in [-0.05, 0) is 30.7 Å². The summed E-state index contributed by atoms with van der Waals surface area (Å²) in [5.74, 6) is 0. The third-order valence-electron chi connectivity index (χ3n) is 3.34. The van der Waals surface area contributed by atoms with Gasteiger partial charge in [-0.2, -0.15) is 0 Å². The van der Waals surface area contributed by atoms with E-state index in [0.717, 1.165) is 11.3 Å². The fourth-order valence-electron chi connectivity index (χ4n) is 2.23. The van der Waals surface area contributed by atoms with Crippen LogP contribution in [-0.4, -0.2) is 46.7 Å². The minimum atomic E-state index is -0.919. The van der Waals surface area contributed by atoms with E-state index in [1.54, 1.807) is 6.07 Å². The molecule has 17 heavy (non-hydrogen) atoms. The van der Waals surface area contributed by atoms with Crippen molar-refractivity contribution in [3.8, 4) is 0 Å². The summed E-state index contributed by atoms with van der Waals surface area (Å²) in [6.45, 7) is 2.02. The molecule has 3 unspecified atom stereocenters. The monoisotopic (exact) mass is 238 g/mol. The van der Waals surface area contributed by atoms with Gasteiger partial charge in [0.2, 0.25) is 0 Å². The Hall–Kier alpha value is -1.30. The number of benzene rings is 1. The third-order valence-corrected chi connectivity index (χ3v) is 3.34. The van der Waals surface area contributed by atoms with E-state index in [0.29, 0.717) is 12.2 Å².